The maximum Gasteiger partial charge on any atom is 0.416 e. The molecule has 32 heavy (non-hydrogen) atoms. The molecule has 10 nitrogen and oxygen atoms in total. The van der Waals surface area contributed by atoms with Gasteiger partial charge in [-0.25, -0.2) is 4.79 Å². The van der Waals surface area contributed by atoms with Gasteiger partial charge in [-0.15, -0.1) is 15.0 Å². The van der Waals surface area contributed by atoms with Gasteiger partial charge in [0.05, 0.1) is 17.9 Å². The summed E-state index contributed by atoms with van der Waals surface area (Å²) in [4.78, 5) is 25.1. The fourth-order valence-electron chi connectivity index (χ4n) is 2.47. The molecule has 0 saturated heterocycles. The Labute approximate surface area is 179 Å². The summed E-state index contributed by atoms with van der Waals surface area (Å²) in [5.41, 5.74) is 0.296. The number of carbonyl (C=O) groups is 2. The van der Waals surface area contributed by atoms with Gasteiger partial charge in [0.1, 0.15) is 0 Å². The first-order chi connectivity index (χ1) is 15.3. The second-order valence-electron chi connectivity index (χ2n) is 6.35. The van der Waals surface area contributed by atoms with E-state index in [-0.39, 0.29) is 11.5 Å². The Morgan fingerprint density at radius 1 is 1.00 bits per heavy atom. The molecule has 168 valence electrons. The van der Waals surface area contributed by atoms with Crippen LogP contribution in [0.1, 0.15) is 16.2 Å². The van der Waals surface area contributed by atoms with Gasteiger partial charge in [-0.2, -0.15) is 13.2 Å². The van der Waals surface area contributed by atoms with Crippen molar-refractivity contribution in [3.8, 4) is 5.69 Å². The smallest absolute Gasteiger partial charge is 0.383 e. The first-order valence-electron chi connectivity index (χ1n) is 9.19. The topological polar surface area (TPSA) is 123 Å². The molecule has 3 aromatic rings. The van der Waals surface area contributed by atoms with Gasteiger partial charge in [-0.3, -0.25) is 4.79 Å². The summed E-state index contributed by atoms with van der Waals surface area (Å²) in [6, 6.07) is 9.72. The average molecular weight is 449 g/mol. The number of methoxy groups -OCH3 is 1. The molecule has 13 heteroatoms. The third-order valence-corrected chi connectivity index (χ3v) is 4.03. The van der Waals surface area contributed by atoms with E-state index in [9.17, 15) is 22.8 Å². The van der Waals surface area contributed by atoms with Crippen molar-refractivity contribution in [1.82, 2.24) is 25.5 Å². The van der Waals surface area contributed by atoms with Crippen LogP contribution in [0.5, 0.6) is 0 Å². The molecule has 1 aromatic heterocycles. The molecule has 0 fully saturated rings. The van der Waals surface area contributed by atoms with Crippen molar-refractivity contribution in [1.29, 1.82) is 0 Å². The molecule has 0 aliphatic heterocycles. The Kier molecular flexibility index (Phi) is 7.00. The Hall–Kier alpha value is -4.00. The van der Waals surface area contributed by atoms with Gasteiger partial charge in [-0.1, -0.05) is 0 Å². The first-order valence-corrected chi connectivity index (χ1v) is 9.19. The number of benzene rings is 2. The lowest BCUT2D eigenvalue weighted by Gasteiger charge is -2.10. The summed E-state index contributed by atoms with van der Waals surface area (Å²) in [6.07, 6.45) is -4.45. The second kappa shape index (κ2) is 9.87. The van der Waals surface area contributed by atoms with E-state index in [1.165, 1.54) is 7.11 Å². The molecule has 0 unspecified atom stereocenters. The highest BCUT2D eigenvalue weighted by Crippen LogP contribution is 2.29. The molecular formula is C19H18F3N7O3. The number of hydrogen-bond donors (Lipinski definition) is 3. The summed E-state index contributed by atoms with van der Waals surface area (Å²) in [5.74, 6) is -0.606. The van der Waals surface area contributed by atoms with Crippen molar-refractivity contribution in [3.63, 3.8) is 0 Å². The zero-order chi connectivity index (χ0) is 23.1. The molecule has 3 N–H and O–H groups in total. The highest BCUT2D eigenvalue weighted by atomic mass is 19.4. The van der Waals surface area contributed by atoms with Gasteiger partial charge in [0.25, 0.3) is 11.7 Å². The molecule has 3 rings (SSSR count). The number of aromatic nitrogens is 4. The largest absolute Gasteiger partial charge is 0.416 e. The lowest BCUT2D eigenvalue weighted by molar-refractivity contribution is -0.137. The van der Waals surface area contributed by atoms with Crippen molar-refractivity contribution in [2.45, 2.75) is 6.18 Å². The van der Waals surface area contributed by atoms with Crippen molar-refractivity contribution in [3.05, 3.63) is 59.9 Å². The number of hydrogen-bond acceptors (Lipinski definition) is 6. The molecule has 0 aliphatic rings. The maximum atomic E-state index is 12.6. The van der Waals surface area contributed by atoms with E-state index < -0.39 is 23.7 Å². The molecule has 2 aromatic carbocycles. The van der Waals surface area contributed by atoms with Crippen molar-refractivity contribution in [2.75, 3.05) is 30.9 Å². The molecule has 3 amide bonds. The van der Waals surface area contributed by atoms with Gasteiger partial charge in [-0.05, 0) is 53.7 Å². The standard InChI is InChI=1S/C19H18F3N7O3/c1-32-11-10-23-17(30)16-26-28-29(27-16)15-8-6-14(7-9-15)25-18(31)24-13-4-2-12(3-5-13)19(20,21)22/h2-9H,10-11H2,1H3,(H,23,30)(H2,24,25,31). The highest BCUT2D eigenvalue weighted by Gasteiger charge is 2.30. The summed E-state index contributed by atoms with van der Waals surface area (Å²) in [5, 5.41) is 19.1. The molecule has 0 radical (unpaired) electrons. The van der Waals surface area contributed by atoms with Gasteiger partial charge in [0, 0.05) is 25.0 Å². The highest BCUT2D eigenvalue weighted by molar-refractivity contribution is 5.99. The van der Waals surface area contributed by atoms with Crippen LogP contribution >= 0.6 is 0 Å². The zero-order valence-electron chi connectivity index (χ0n) is 16.7. The Bertz CT molecular complexity index is 1070. The minimum atomic E-state index is -4.45. The van der Waals surface area contributed by atoms with E-state index in [4.69, 9.17) is 4.74 Å². The van der Waals surface area contributed by atoms with Crippen molar-refractivity contribution >= 4 is 23.3 Å². The molecule has 0 saturated carbocycles. The summed E-state index contributed by atoms with van der Waals surface area (Å²) >= 11 is 0. The Balaban J connectivity index is 1.56. The first kappa shape index (κ1) is 22.7. The minimum Gasteiger partial charge on any atom is -0.383 e. The van der Waals surface area contributed by atoms with Crippen LogP contribution < -0.4 is 16.0 Å². The van der Waals surface area contributed by atoms with Crippen LogP contribution in [0.25, 0.3) is 5.69 Å². The number of alkyl halides is 3. The number of anilines is 2. The van der Waals surface area contributed by atoms with E-state index >= 15 is 0 Å². The lowest BCUT2D eigenvalue weighted by atomic mass is 10.2. The monoisotopic (exact) mass is 449 g/mol. The fourth-order valence-corrected chi connectivity index (χ4v) is 2.47. The van der Waals surface area contributed by atoms with Crippen LogP contribution in [0.15, 0.2) is 48.5 Å². The van der Waals surface area contributed by atoms with Gasteiger partial charge >= 0.3 is 12.2 Å². The summed E-state index contributed by atoms with van der Waals surface area (Å²) in [6.45, 7) is 0.652. The molecular weight excluding hydrogens is 431 g/mol. The summed E-state index contributed by atoms with van der Waals surface area (Å²) < 4.78 is 42.6. The van der Waals surface area contributed by atoms with Crippen molar-refractivity contribution < 1.29 is 27.5 Å². The molecule has 0 atom stereocenters. The number of urea groups is 1. The van der Waals surface area contributed by atoms with Gasteiger partial charge in [0.2, 0.25) is 0 Å². The number of halogens is 3. The number of rotatable bonds is 7. The minimum absolute atomic E-state index is 0.112. The number of nitrogens with one attached hydrogen (secondary N) is 3. The number of ether oxygens (including phenoxy) is 1. The fraction of sp³-hybridized carbons (Fsp3) is 0.211. The zero-order valence-corrected chi connectivity index (χ0v) is 16.7. The molecule has 0 bridgehead atoms. The van der Waals surface area contributed by atoms with Crippen LogP contribution in [-0.4, -0.2) is 52.4 Å². The van der Waals surface area contributed by atoms with E-state index in [0.29, 0.717) is 24.5 Å². The number of nitrogens with zero attached hydrogens (tertiary/aromatic N) is 4. The van der Waals surface area contributed by atoms with E-state index in [1.807, 2.05) is 0 Å². The second-order valence-corrected chi connectivity index (χ2v) is 6.35. The van der Waals surface area contributed by atoms with E-state index in [1.54, 1.807) is 24.3 Å². The predicted molar refractivity (Wildman–Crippen MR) is 107 cm³/mol. The third-order valence-electron chi connectivity index (χ3n) is 4.03. The normalized spacial score (nSPS) is 11.1. The van der Waals surface area contributed by atoms with Crippen LogP contribution in [0, 0.1) is 0 Å². The van der Waals surface area contributed by atoms with Crippen LogP contribution in [-0.2, 0) is 10.9 Å². The van der Waals surface area contributed by atoms with Crippen LogP contribution in [0.3, 0.4) is 0 Å². The van der Waals surface area contributed by atoms with Crippen LogP contribution in [0.2, 0.25) is 0 Å². The number of amides is 3. The Morgan fingerprint density at radius 2 is 1.59 bits per heavy atom. The third kappa shape index (κ3) is 6.01. The van der Waals surface area contributed by atoms with Gasteiger partial charge in [0.15, 0.2) is 0 Å². The lowest BCUT2D eigenvalue weighted by Crippen LogP contribution is -2.28. The number of tetrazole rings is 1. The molecule has 0 spiro atoms. The SMILES string of the molecule is COCCNC(=O)c1nnn(-c2ccc(NC(=O)Nc3ccc(C(F)(F)F)cc3)cc2)n1. The molecule has 0 aliphatic carbocycles. The summed E-state index contributed by atoms with van der Waals surface area (Å²) in [7, 11) is 1.51. The molecule has 1 heterocycles. The average Bonchev–Trinajstić information content (AvgIpc) is 3.24. The number of carbonyl (C=O) groups excluding carboxylic acids is 2. The Morgan fingerprint density at radius 3 is 2.16 bits per heavy atom. The van der Waals surface area contributed by atoms with E-state index in [2.05, 4.69) is 31.4 Å². The van der Waals surface area contributed by atoms with Crippen LogP contribution in [0.4, 0.5) is 29.3 Å². The van der Waals surface area contributed by atoms with Gasteiger partial charge < -0.3 is 20.7 Å². The predicted octanol–water partition coefficient (Wildman–Crippen LogP) is 2.70. The van der Waals surface area contributed by atoms with Crippen molar-refractivity contribution in [2.24, 2.45) is 0 Å². The van der Waals surface area contributed by atoms with E-state index in [0.717, 1.165) is 29.1 Å². The quantitative estimate of drug-likeness (QED) is 0.477. The maximum absolute atomic E-state index is 12.6.